The molecule has 1 N–H and O–H groups in total. The molecule has 0 saturated carbocycles. The van der Waals surface area contributed by atoms with Crippen molar-refractivity contribution in [2.45, 2.75) is 31.9 Å². The number of hydrogen-bond donors (Lipinski definition) is 1. The van der Waals surface area contributed by atoms with Crippen molar-refractivity contribution < 1.29 is 9.13 Å². The van der Waals surface area contributed by atoms with Crippen LogP contribution >= 0.6 is 12.2 Å². The normalized spacial score (nSPS) is 28.1. The van der Waals surface area contributed by atoms with E-state index in [0.29, 0.717) is 11.4 Å². The smallest absolute Gasteiger partial charge is 0.178 e. The topological polar surface area (TPSA) is 29.9 Å². The fourth-order valence-corrected chi connectivity index (χ4v) is 3.12. The molecule has 1 aromatic carbocycles. The lowest BCUT2D eigenvalue weighted by Crippen LogP contribution is -2.36. The van der Waals surface area contributed by atoms with Crippen molar-refractivity contribution in [2.75, 3.05) is 6.61 Å². The molecule has 2 unspecified atom stereocenters. The van der Waals surface area contributed by atoms with E-state index in [1.165, 1.54) is 12.1 Å². The number of nitrogens with one attached hydrogen (secondary N) is 1. The summed E-state index contributed by atoms with van der Waals surface area (Å²) in [5.74, 6) is -0.250. The average molecular weight is 266 g/mol. The van der Waals surface area contributed by atoms with E-state index in [0.717, 1.165) is 17.5 Å². The fraction of sp³-hybridized carbons (Fsp3) is 0.462. The van der Waals surface area contributed by atoms with Gasteiger partial charge in [0.2, 0.25) is 0 Å². The van der Waals surface area contributed by atoms with Crippen LogP contribution in [0.25, 0.3) is 11.0 Å². The van der Waals surface area contributed by atoms with Gasteiger partial charge in [-0.25, -0.2) is 4.39 Å². The minimum Gasteiger partial charge on any atom is -0.376 e. The maximum Gasteiger partial charge on any atom is 0.178 e. The predicted molar refractivity (Wildman–Crippen MR) is 70.8 cm³/mol. The van der Waals surface area contributed by atoms with Gasteiger partial charge in [-0.2, -0.15) is 0 Å². The summed E-state index contributed by atoms with van der Waals surface area (Å²) in [5, 5.41) is 0. The zero-order valence-corrected chi connectivity index (χ0v) is 11.2. The van der Waals surface area contributed by atoms with E-state index in [1.54, 1.807) is 6.07 Å². The molecule has 96 valence electrons. The lowest BCUT2D eigenvalue weighted by atomic mass is 9.94. The summed E-state index contributed by atoms with van der Waals surface area (Å²) in [6.45, 7) is 4.85. The van der Waals surface area contributed by atoms with Crippen LogP contribution in [0.5, 0.6) is 0 Å². The Bertz CT molecular complexity index is 663. The highest BCUT2D eigenvalue weighted by molar-refractivity contribution is 7.71. The molecule has 18 heavy (non-hydrogen) atoms. The maximum absolute atomic E-state index is 13.4. The second-order valence-electron chi connectivity index (χ2n) is 5.05. The van der Waals surface area contributed by atoms with Gasteiger partial charge >= 0.3 is 0 Å². The summed E-state index contributed by atoms with van der Waals surface area (Å²) in [5.41, 5.74) is 1.45. The third-order valence-corrected chi connectivity index (χ3v) is 4.29. The van der Waals surface area contributed by atoms with Crippen LogP contribution in [0, 0.1) is 10.6 Å². The first-order valence-electron chi connectivity index (χ1n) is 6.05. The van der Waals surface area contributed by atoms with E-state index in [2.05, 4.69) is 11.9 Å². The summed E-state index contributed by atoms with van der Waals surface area (Å²) in [6.07, 6.45) is 0.942. The van der Waals surface area contributed by atoms with Crippen molar-refractivity contribution in [3.8, 4) is 0 Å². The highest BCUT2D eigenvalue weighted by Gasteiger charge is 2.40. The van der Waals surface area contributed by atoms with Gasteiger partial charge in [-0.1, -0.05) is 0 Å². The maximum atomic E-state index is 13.4. The van der Waals surface area contributed by atoms with Gasteiger partial charge in [0.05, 0.1) is 22.7 Å². The third kappa shape index (κ3) is 1.54. The molecule has 3 nitrogen and oxygen atoms in total. The van der Waals surface area contributed by atoms with Gasteiger partial charge in [0, 0.05) is 6.61 Å². The molecular formula is C13H15FN2OS. The Morgan fingerprint density at radius 3 is 3.00 bits per heavy atom. The molecule has 0 bridgehead atoms. The lowest BCUT2D eigenvalue weighted by Gasteiger charge is -2.30. The van der Waals surface area contributed by atoms with Crippen LogP contribution in [0.2, 0.25) is 0 Å². The number of hydrogen-bond acceptors (Lipinski definition) is 2. The number of nitrogens with zero attached hydrogens (tertiary/aromatic N) is 1. The molecule has 1 aromatic heterocycles. The highest BCUT2D eigenvalue weighted by Crippen LogP contribution is 2.36. The van der Waals surface area contributed by atoms with Crippen LogP contribution < -0.4 is 0 Å². The van der Waals surface area contributed by atoms with Gasteiger partial charge in [-0.3, -0.25) is 0 Å². The SMILES string of the molecule is CC1OCCC1(C)n1c(=S)[nH]c2ccc(F)cc21. The molecular weight excluding hydrogens is 251 g/mol. The number of imidazole rings is 1. The molecule has 1 aliphatic rings. The van der Waals surface area contributed by atoms with E-state index in [-0.39, 0.29) is 17.5 Å². The molecule has 2 atom stereocenters. The number of rotatable bonds is 1. The second-order valence-corrected chi connectivity index (χ2v) is 5.43. The van der Waals surface area contributed by atoms with E-state index < -0.39 is 0 Å². The molecule has 1 fully saturated rings. The summed E-state index contributed by atoms with van der Waals surface area (Å²) in [6, 6.07) is 4.69. The number of aromatic amines is 1. The number of benzene rings is 1. The Balaban J connectivity index is 2.31. The van der Waals surface area contributed by atoms with Crippen LogP contribution in [0.3, 0.4) is 0 Å². The summed E-state index contributed by atoms with van der Waals surface area (Å²) in [4.78, 5) is 3.13. The van der Waals surface area contributed by atoms with Gasteiger partial charge < -0.3 is 14.3 Å². The first-order chi connectivity index (χ1) is 8.52. The van der Waals surface area contributed by atoms with Crippen LogP contribution in [-0.2, 0) is 10.3 Å². The third-order valence-electron chi connectivity index (χ3n) is 4.01. The van der Waals surface area contributed by atoms with Gasteiger partial charge in [0.25, 0.3) is 0 Å². The summed E-state index contributed by atoms with van der Waals surface area (Å²) < 4.78 is 21.7. The molecule has 1 aliphatic heterocycles. The number of aromatic nitrogens is 2. The van der Waals surface area contributed by atoms with Crippen LogP contribution in [0.4, 0.5) is 4.39 Å². The van der Waals surface area contributed by atoms with Crippen LogP contribution in [0.15, 0.2) is 18.2 Å². The van der Waals surface area contributed by atoms with E-state index in [9.17, 15) is 4.39 Å². The van der Waals surface area contributed by atoms with E-state index in [1.807, 2.05) is 11.5 Å². The minimum absolute atomic E-state index is 0.0615. The molecule has 1 saturated heterocycles. The highest BCUT2D eigenvalue weighted by atomic mass is 32.1. The standard InChI is InChI=1S/C13H15FN2OS/c1-8-13(2,5-6-17-8)16-11-7-9(14)3-4-10(11)15-12(16)18/h3-4,7-8H,5-6H2,1-2H3,(H,15,18). The fourth-order valence-electron chi connectivity index (χ4n) is 2.70. The van der Waals surface area contributed by atoms with Crippen molar-refractivity contribution in [3.63, 3.8) is 0 Å². The van der Waals surface area contributed by atoms with Gasteiger partial charge in [0.15, 0.2) is 4.77 Å². The largest absolute Gasteiger partial charge is 0.376 e. The predicted octanol–water partition coefficient (Wildman–Crippen LogP) is 3.36. The first-order valence-corrected chi connectivity index (χ1v) is 6.45. The molecule has 2 heterocycles. The Hall–Kier alpha value is -1.20. The zero-order chi connectivity index (χ0) is 12.9. The van der Waals surface area contributed by atoms with E-state index >= 15 is 0 Å². The molecule has 5 heteroatoms. The van der Waals surface area contributed by atoms with Crippen molar-refractivity contribution in [3.05, 3.63) is 28.8 Å². The zero-order valence-electron chi connectivity index (χ0n) is 10.4. The average Bonchev–Trinajstić information content (AvgIpc) is 2.80. The number of fused-ring (bicyclic) bond motifs is 1. The van der Waals surface area contributed by atoms with Crippen molar-refractivity contribution in [1.29, 1.82) is 0 Å². The summed E-state index contributed by atoms with van der Waals surface area (Å²) in [7, 11) is 0. The monoisotopic (exact) mass is 266 g/mol. The quantitative estimate of drug-likeness (QED) is 0.802. The van der Waals surface area contributed by atoms with Gasteiger partial charge in [0.1, 0.15) is 5.82 Å². The molecule has 0 radical (unpaired) electrons. The molecule has 3 rings (SSSR count). The Kier molecular flexibility index (Phi) is 2.57. The number of ether oxygens (including phenoxy) is 1. The second kappa shape index (κ2) is 3.90. The van der Waals surface area contributed by atoms with Gasteiger partial charge in [-0.15, -0.1) is 0 Å². The molecule has 0 spiro atoms. The summed E-state index contributed by atoms with van der Waals surface area (Å²) >= 11 is 5.39. The van der Waals surface area contributed by atoms with Gasteiger partial charge in [-0.05, 0) is 50.7 Å². The lowest BCUT2D eigenvalue weighted by molar-refractivity contribution is 0.0770. The minimum atomic E-state index is -0.250. The molecule has 0 amide bonds. The number of H-pyrrole nitrogens is 1. The van der Waals surface area contributed by atoms with E-state index in [4.69, 9.17) is 17.0 Å². The molecule has 2 aromatic rings. The molecule has 0 aliphatic carbocycles. The van der Waals surface area contributed by atoms with Crippen molar-refractivity contribution in [2.24, 2.45) is 0 Å². The first kappa shape index (κ1) is 11.9. The Labute approximate surface area is 110 Å². The van der Waals surface area contributed by atoms with Crippen LogP contribution in [0.1, 0.15) is 20.3 Å². The number of halogens is 1. The Morgan fingerprint density at radius 1 is 1.56 bits per heavy atom. The van der Waals surface area contributed by atoms with Crippen molar-refractivity contribution in [1.82, 2.24) is 9.55 Å². The van der Waals surface area contributed by atoms with Crippen LogP contribution in [-0.4, -0.2) is 22.3 Å². The Morgan fingerprint density at radius 2 is 2.33 bits per heavy atom. The van der Waals surface area contributed by atoms with Crippen molar-refractivity contribution >= 4 is 23.3 Å².